The molecule has 0 saturated carbocycles. The van der Waals surface area contributed by atoms with E-state index < -0.39 is 0 Å². The molecule has 1 atom stereocenters. The van der Waals surface area contributed by atoms with Crippen LogP contribution in [0, 0.1) is 0 Å². The highest BCUT2D eigenvalue weighted by Crippen LogP contribution is 2.16. The Balaban J connectivity index is 2.14. The molecule has 0 bridgehead atoms. The van der Waals surface area contributed by atoms with E-state index in [0.717, 1.165) is 30.8 Å². The molecule has 1 unspecified atom stereocenters. The topological polar surface area (TPSA) is 53.7 Å². The Hall–Kier alpha value is -1.10. The molecule has 0 fully saturated rings. The van der Waals surface area contributed by atoms with Gasteiger partial charge < -0.3 is 19.9 Å². The summed E-state index contributed by atoms with van der Waals surface area (Å²) in [5.74, 6) is 0.834. The summed E-state index contributed by atoms with van der Waals surface area (Å²) < 4.78 is 16.0. The fourth-order valence-electron chi connectivity index (χ4n) is 1.62. The van der Waals surface area contributed by atoms with Crippen molar-refractivity contribution in [2.75, 3.05) is 33.5 Å². The quantitative estimate of drug-likeness (QED) is 0.662. The molecule has 0 aliphatic heterocycles. The van der Waals surface area contributed by atoms with Crippen LogP contribution in [0.15, 0.2) is 24.3 Å². The van der Waals surface area contributed by atoms with Crippen molar-refractivity contribution in [3.8, 4) is 5.75 Å². The zero-order valence-electron chi connectivity index (χ0n) is 11.9. The molecule has 108 valence electrons. The van der Waals surface area contributed by atoms with Gasteiger partial charge in [-0.2, -0.15) is 0 Å². The molecule has 4 heteroatoms. The van der Waals surface area contributed by atoms with E-state index in [-0.39, 0.29) is 6.04 Å². The summed E-state index contributed by atoms with van der Waals surface area (Å²) in [7, 11) is 1.65. The molecule has 2 N–H and O–H groups in total. The highest BCUT2D eigenvalue weighted by atomic mass is 16.5. The van der Waals surface area contributed by atoms with Crippen LogP contribution in [0.25, 0.3) is 0 Å². The van der Waals surface area contributed by atoms with Crippen molar-refractivity contribution in [3.05, 3.63) is 29.8 Å². The van der Waals surface area contributed by atoms with Gasteiger partial charge in [0.05, 0.1) is 33.0 Å². The number of unbranched alkanes of at least 4 members (excludes halogenated alkanes) is 1. The maximum atomic E-state index is 6.04. The number of hydrogen-bond donors (Lipinski definition) is 1. The van der Waals surface area contributed by atoms with E-state index in [1.807, 2.05) is 24.3 Å². The molecule has 0 aromatic heterocycles. The number of benzene rings is 1. The van der Waals surface area contributed by atoms with Gasteiger partial charge in [-0.25, -0.2) is 0 Å². The summed E-state index contributed by atoms with van der Waals surface area (Å²) in [4.78, 5) is 0. The van der Waals surface area contributed by atoms with Gasteiger partial charge in [-0.05, 0) is 24.1 Å². The van der Waals surface area contributed by atoms with E-state index in [0.29, 0.717) is 19.8 Å². The van der Waals surface area contributed by atoms with E-state index in [1.165, 1.54) is 0 Å². The van der Waals surface area contributed by atoms with Crippen LogP contribution in [0.1, 0.15) is 31.4 Å². The van der Waals surface area contributed by atoms with Gasteiger partial charge in [0, 0.05) is 6.61 Å². The lowest BCUT2D eigenvalue weighted by Gasteiger charge is -2.13. The third-order valence-corrected chi connectivity index (χ3v) is 2.86. The van der Waals surface area contributed by atoms with Gasteiger partial charge in [0.15, 0.2) is 0 Å². The standard InChI is InChI=1S/C15H25NO3/c1-3-4-9-18-10-11-19-12-15(16)13-5-7-14(17-2)8-6-13/h5-8,15H,3-4,9-12,16H2,1-2H3. The molecule has 4 nitrogen and oxygen atoms in total. The average molecular weight is 267 g/mol. The molecular formula is C15H25NO3. The number of nitrogens with two attached hydrogens (primary N) is 1. The van der Waals surface area contributed by atoms with Crippen LogP contribution in [0.5, 0.6) is 5.75 Å². The first kappa shape index (κ1) is 16.0. The molecular weight excluding hydrogens is 242 g/mol. The smallest absolute Gasteiger partial charge is 0.118 e. The lowest BCUT2D eigenvalue weighted by molar-refractivity contribution is 0.0416. The molecule has 0 radical (unpaired) electrons. The minimum absolute atomic E-state index is 0.110. The summed E-state index contributed by atoms with van der Waals surface area (Å²) in [6, 6.07) is 7.63. The second-order valence-corrected chi connectivity index (χ2v) is 4.42. The fourth-order valence-corrected chi connectivity index (χ4v) is 1.62. The van der Waals surface area contributed by atoms with Crippen molar-refractivity contribution < 1.29 is 14.2 Å². The Morgan fingerprint density at radius 1 is 1.05 bits per heavy atom. The van der Waals surface area contributed by atoms with Crippen LogP contribution in [-0.4, -0.2) is 33.5 Å². The molecule has 0 amide bonds. The predicted molar refractivity (Wildman–Crippen MR) is 76.5 cm³/mol. The van der Waals surface area contributed by atoms with Crippen LogP contribution in [-0.2, 0) is 9.47 Å². The Labute approximate surface area is 115 Å². The maximum absolute atomic E-state index is 6.04. The molecule has 0 aliphatic rings. The average Bonchev–Trinajstić information content (AvgIpc) is 2.46. The molecule has 19 heavy (non-hydrogen) atoms. The minimum atomic E-state index is -0.110. The van der Waals surface area contributed by atoms with Crippen LogP contribution in [0.2, 0.25) is 0 Å². The normalized spacial score (nSPS) is 12.4. The Kier molecular flexibility index (Phi) is 8.21. The Morgan fingerprint density at radius 3 is 2.37 bits per heavy atom. The molecule has 1 aromatic rings. The first-order valence-corrected chi connectivity index (χ1v) is 6.83. The van der Waals surface area contributed by atoms with Crippen molar-refractivity contribution >= 4 is 0 Å². The number of ether oxygens (including phenoxy) is 3. The second kappa shape index (κ2) is 9.78. The van der Waals surface area contributed by atoms with Gasteiger partial charge in [0.1, 0.15) is 5.75 Å². The number of methoxy groups -OCH3 is 1. The third kappa shape index (κ3) is 6.57. The van der Waals surface area contributed by atoms with Crippen molar-refractivity contribution in [1.82, 2.24) is 0 Å². The van der Waals surface area contributed by atoms with Gasteiger partial charge in [-0.15, -0.1) is 0 Å². The van der Waals surface area contributed by atoms with Gasteiger partial charge in [0.2, 0.25) is 0 Å². The largest absolute Gasteiger partial charge is 0.497 e. The molecule has 0 aliphatic carbocycles. The number of rotatable bonds is 10. The third-order valence-electron chi connectivity index (χ3n) is 2.86. The molecule has 0 saturated heterocycles. The zero-order chi connectivity index (χ0) is 13.9. The summed E-state index contributed by atoms with van der Waals surface area (Å²) in [5, 5.41) is 0. The van der Waals surface area contributed by atoms with E-state index in [9.17, 15) is 0 Å². The lowest BCUT2D eigenvalue weighted by Crippen LogP contribution is -2.18. The van der Waals surface area contributed by atoms with Gasteiger partial charge in [-0.1, -0.05) is 25.5 Å². The van der Waals surface area contributed by atoms with Gasteiger partial charge in [0.25, 0.3) is 0 Å². The van der Waals surface area contributed by atoms with E-state index in [4.69, 9.17) is 19.9 Å². The Bertz CT molecular complexity index is 327. The first-order valence-electron chi connectivity index (χ1n) is 6.83. The Morgan fingerprint density at radius 2 is 1.74 bits per heavy atom. The van der Waals surface area contributed by atoms with Crippen LogP contribution >= 0.6 is 0 Å². The monoisotopic (exact) mass is 267 g/mol. The van der Waals surface area contributed by atoms with Gasteiger partial charge in [-0.3, -0.25) is 0 Å². The van der Waals surface area contributed by atoms with Crippen molar-refractivity contribution in [2.45, 2.75) is 25.8 Å². The maximum Gasteiger partial charge on any atom is 0.118 e. The number of hydrogen-bond acceptors (Lipinski definition) is 4. The molecule has 0 heterocycles. The highest BCUT2D eigenvalue weighted by molar-refractivity contribution is 5.28. The first-order chi connectivity index (χ1) is 9.27. The van der Waals surface area contributed by atoms with Crippen LogP contribution in [0.4, 0.5) is 0 Å². The summed E-state index contributed by atoms with van der Waals surface area (Å²) in [6.07, 6.45) is 2.26. The summed E-state index contributed by atoms with van der Waals surface area (Å²) in [6.45, 7) is 4.69. The van der Waals surface area contributed by atoms with E-state index in [1.54, 1.807) is 7.11 Å². The highest BCUT2D eigenvalue weighted by Gasteiger charge is 2.06. The minimum Gasteiger partial charge on any atom is -0.497 e. The van der Waals surface area contributed by atoms with E-state index >= 15 is 0 Å². The predicted octanol–water partition coefficient (Wildman–Crippen LogP) is 2.53. The van der Waals surface area contributed by atoms with Crippen LogP contribution < -0.4 is 10.5 Å². The van der Waals surface area contributed by atoms with Crippen molar-refractivity contribution in [1.29, 1.82) is 0 Å². The van der Waals surface area contributed by atoms with Crippen molar-refractivity contribution in [3.63, 3.8) is 0 Å². The van der Waals surface area contributed by atoms with Crippen LogP contribution in [0.3, 0.4) is 0 Å². The zero-order valence-corrected chi connectivity index (χ0v) is 11.9. The lowest BCUT2D eigenvalue weighted by atomic mass is 10.1. The molecule has 1 aromatic carbocycles. The summed E-state index contributed by atoms with van der Waals surface area (Å²) >= 11 is 0. The van der Waals surface area contributed by atoms with Crippen molar-refractivity contribution in [2.24, 2.45) is 5.73 Å². The SMILES string of the molecule is CCCCOCCOCC(N)c1ccc(OC)cc1. The molecule has 1 rings (SSSR count). The van der Waals surface area contributed by atoms with Gasteiger partial charge >= 0.3 is 0 Å². The fraction of sp³-hybridized carbons (Fsp3) is 0.600. The summed E-state index contributed by atoms with van der Waals surface area (Å²) in [5.41, 5.74) is 7.09. The molecule has 0 spiro atoms. The second-order valence-electron chi connectivity index (χ2n) is 4.42. The van der Waals surface area contributed by atoms with E-state index in [2.05, 4.69) is 6.92 Å².